The average Bonchev–Trinajstić information content (AvgIpc) is 3.20. The molecule has 4 aromatic rings. The number of hydrogen-bond donors (Lipinski definition) is 3. The third-order valence-corrected chi connectivity index (χ3v) is 5.48. The molecule has 0 unspecified atom stereocenters. The number of phosphoric ester groups is 1. The summed E-state index contributed by atoms with van der Waals surface area (Å²) in [5, 5.41) is 12.7. The fourth-order valence-corrected chi connectivity index (χ4v) is 3.80. The van der Waals surface area contributed by atoms with E-state index in [9.17, 15) is 14.6 Å². The van der Waals surface area contributed by atoms with Crippen LogP contribution in [0.3, 0.4) is 0 Å². The number of carbonyl (C=O) groups is 1. The van der Waals surface area contributed by atoms with Gasteiger partial charge in [-0.15, -0.1) is 0 Å². The van der Waals surface area contributed by atoms with Crippen LogP contribution in [0.2, 0.25) is 0 Å². The van der Waals surface area contributed by atoms with Gasteiger partial charge in [0.25, 0.3) is 0 Å². The van der Waals surface area contributed by atoms with E-state index in [4.69, 9.17) is 9.79 Å². The zero-order valence-corrected chi connectivity index (χ0v) is 18.6. The molecule has 10 heteroatoms. The molecular weight excluding hydrogens is 455 g/mol. The van der Waals surface area contributed by atoms with Gasteiger partial charge in [0.15, 0.2) is 0 Å². The maximum atomic E-state index is 11.7. The summed E-state index contributed by atoms with van der Waals surface area (Å²) in [4.78, 5) is 34.4. The highest BCUT2D eigenvalue weighted by molar-refractivity contribution is 7.46. The summed E-state index contributed by atoms with van der Waals surface area (Å²) < 4.78 is 17.4. The minimum absolute atomic E-state index is 0.326. The number of fused-ring (bicyclic) bond motifs is 1. The highest BCUT2D eigenvalue weighted by Gasteiger charge is 2.18. The standard InChI is InChI=1S/C24H19N4O5P/c1-2-23(29)27-20-8-4-6-17(10-20)19-11-21-22(18-7-3-5-16(9-18)12-25)14-28(24(21)26-13-19)15-33-34(30,31)32/h2-11,13-14H,1,15H2,(H,27,29)(H2,30,31,32). The van der Waals surface area contributed by atoms with Crippen molar-refractivity contribution in [1.82, 2.24) is 9.55 Å². The van der Waals surface area contributed by atoms with Crippen molar-refractivity contribution < 1.29 is 23.7 Å². The summed E-state index contributed by atoms with van der Waals surface area (Å²) in [6.45, 7) is 3.04. The first-order valence-electron chi connectivity index (χ1n) is 10.0. The molecule has 0 atom stereocenters. The topological polar surface area (TPSA) is 137 Å². The molecule has 2 aromatic carbocycles. The van der Waals surface area contributed by atoms with E-state index in [1.165, 1.54) is 10.6 Å². The number of benzene rings is 2. The van der Waals surface area contributed by atoms with E-state index >= 15 is 0 Å². The van der Waals surface area contributed by atoms with Crippen molar-refractivity contribution in [1.29, 1.82) is 5.26 Å². The van der Waals surface area contributed by atoms with Crippen LogP contribution in [0.5, 0.6) is 0 Å². The fraction of sp³-hybridized carbons (Fsp3) is 0.0417. The van der Waals surface area contributed by atoms with Crippen LogP contribution in [0.4, 0.5) is 5.69 Å². The van der Waals surface area contributed by atoms with E-state index in [1.807, 2.05) is 18.2 Å². The molecule has 0 aliphatic rings. The summed E-state index contributed by atoms with van der Waals surface area (Å²) in [5.41, 5.74) is 4.53. The molecule has 0 fully saturated rings. The first-order valence-corrected chi connectivity index (χ1v) is 11.5. The normalized spacial score (nSPS) is 11.2. The van der Waals surface area contributed by atoms with Crippen molar-refractivity contribution in [2.24, 2.45) is 0 Å². The molecule has 3 N–H and O–H groups in total. The number of aromatic nitrogens is 2. The summed E-state index contributed by atoms with van der Waals surface area (Å²) >= 11 is 0. The second kappa shape index (κ2) is 9.43. The van der Waals surface area contributed by atoms with Gasteiger partial charge in [-0.25, -0.2) is 9.55 Å². The average molecular weight is 474 g/mol. The highest BCUT2D eigenvalue weighted by atomic mass is 31.2. The number of rotatable bonds is 7. The Hall–Kier alpha value is -4.06. The monoisotopic (exact) mass is 474 g/mol. The number of nitriles is 1. The number of pyridine rings is 1. The molecule has 9 nitrogen and oxygen atoms in total. The van der Waals surface area contributed by atoms with Crippen molar-refractivity contribution in [3.63, 3.8) is 0 Å². The molecule has 2 heterocycles. The second-order valence-corrected chi connectivity index (χ2v) is 8.56. The molecule has 0 saturated carbocycles. The lowest BCUT2D eigenvalue weighted by Crippen LogP contribution is -2.06. The third-order valence-electron chi connectivity index (χ3n) is 5.03. The quantitative estimate of drug-likeness (QED) is 0.266. The van der Waals surface area contributed by atoms with Gasteiger partial charge in [0.1, 0.15) is 12.4 Å². The first kappa shape index (κ1) is 23.1. The Balaban J connectivity index is 1.84. The summed E-state index contributed by atoms with van der Waals surface area (Å²) in [6, 6.07) is 18.2. The molecule has 2 aromatic heterocycles. The summed E-state index contributed by atoms with van der Waals surface area (Å²) in [5.74, 6) is -0.326. The molecule has 0 aliphatic carbocycles. The Kier molecular flexibility index (Phi) is 6.41. The van der Waals surface area contributed by atoms with Gasteiger partial charge in [0.2, 0.25) is 5.91 Å². The largest absolute Gasteiger partial charge is 0.471 e. The lowest BCUT2D eigenvalue weighted by molar-refractivity contribution is -0.111. The molecule has 34 heavy (non-hydrogen) atoms. The maximum Gasteiger partial charge on any atom is 0.471 e. The van der Waals surface area contributed by atoms with E-state index in [0.29, 0.717) is 27.8 Å². The van der Waals surface area contributed by atoms with Crippen molar-refractivity contribution in [3.05, 3.63) is 85.2 Å². The molecule has 0 saturated heterocycles. The minimum atomic E-state index is -4.70. The number of nitrogens with zero attached hydrogens (tertiary/aromatic N) is 3. The molecule has 0 radical (unpaired) electrons. The Labute approximate surface area is 194 Å². The molecule has 0 bridgehead atoms. The first-order chi connectivity index (χ1) is 16.3. The Bertz CT molecular complexity index is 1500. The lowest BCUT2D eigenvalue weighted by Gasteiger charge is -2.08. The van der Waals surface area contributed by atoms with E-state index in [1.54, 1.807) is 48.8 Å². The van der Waals surface area contributed by atoms with E-state index in [-0.39, 0.29) is 5.91 Å². The van der Waals surface area contributed by atoms with Gasteiger partial charge in [-0.1, -0.05) is 30.8 Å². The van der Waals surface area contributed by atoms with E-state index in [2.05, 4.69) is 27.5 Å². The smallest absolute Gasteiger partial charge is 0.323 e. The predicted octanol–water partition coefficient (Wildman–Crippen LogP) is 4.43. The Morgan fingerprint density at radius 1 is 1.18 bits per heavy atom. The minimum Gasteiger partial charge on any atom is -0.323 e. The third kappa shape index (κ3) is 5.12. The van der Waals surface area contributed by atoms with Crippen molar-refractivity contribution in [3.8, 4) is 28.3 Å². The van der Waals surface area contributed by atoms with Crippen LogP contribution in [0.25, 0.3) is 33.3 Å². The zero-order valence-electron chi connectivity index (χ0n) is 17.8. The van der Waals surface area contributed by atoms with E-state index in [0.717, 1.165) is 16.7 Å². The fourth-order valence-electron chi connectivity index (χ4n) is 3.52. The van der Waals surface area contributed by atoms with Crippen LogP contribution >= 0.6 is 7.82 Å². The lowest BCUT2D eigenvalue weighted by atomic mass is 10.0. The number of nitrogens with one attached hydrogen (secondary N) is 1. The maximum absolute atomic E-state index is 11.7. The molecule has 4 rings (SSSR count). The van der Waals surface area contributed by atoms with Gasteiger partial charge in [-0.3, -0.25) is 9.32 Å². The second-order valence-electron chi connectivity index (χ2n) is 7.32. The highest BCUT2D eigenvalue weighted by Crippen LogP contribution is 2.38. The number of anilines is 1. The molecule has 0 spiro atoms. The molecule has 170 valence electrons. The number of carbonyl (C=O) groups excluding carboxylic acids is 1. The molecule has 0 aliphatic heterocycles. The van der Waals surface area contributed by atoms with Crippen LogP contribution in [-0.2, 0) is 20.6 Å². The Morgan fingerprint density at radius 2 is 1.94 bits per heavy atom. The summed E-state index contributed by atoms with van der Waals surface area (Å²) in [6.07, 6.45) is 4.49. The van der Waals surface area contributed by atoms with Crippen LogP contribution in [-0.4, -0.2) is 25.2 Å². The van der Waals surface area contributed by atoms with Crippen molar-refractivity contribution in [2.45, 2.75) is 6.73 Å². The zero-order chi connectivity index (χ0) is 24.3. The van der Waals surface area contributed by atoms with Gasteiger partial charge < -0.3 is 19.7 Å². The van der Waals surface area contributed by atoms with Crippen LogP contribution < -0.4 is 5.32 Å². The van der Waals surface area contributed by atoms with Crippen LogP contribution in [0.15, 0.2) is 79.6 Å². The molecule has 1 amide bonds. The number of amides is 1. The molecular formula is C24H19N4O5P. The SMILES string of the molecule is C=CC(=O)Nc1cccc(-c2cnc3c(c2)c(-c2cccc(C#N)c2)cn3COP(=O)(O)O)c1. The summed E-state index contributed by atoms with van der Waals surface area (Å²) in [7, 11) is -4.70. The number of phosphoric acid groups is 1. The van der Waals surface area contributed by atoms with Crippen LogP contribution in [0, 0.1) is 11.3 Å². The van der Waals surface area contributed by atoms with Gasteiger partial charge in [0, 0.05) is 34.6 Å². The van der Waals surface area contributed by atoms with Crippen molar-refractivity contribution in [2.75, 3.05) is 5.32 Å². The van der Waals surface area contributed by atoms with Gasteiger partial charge in [0.05, 0.1) is 11.6 Å². The predicted molar refractivity (Wildman–Crippen MR) is 127 cm³/mol. The number of hydrogen-bond acceptors (Lipinski definition) is 5. The van der Waals surface area contributed by atoms with Gasteiger partial charge >= 0.3 is 7.82 Å². The van der Waals surface area contributed by atoms with Gasteiger partial charge in [-0.05, 0) is 47.5 Å². The van der Waals surface area contributed by atoms with E-state index < -0.39 is 14.6 Å². The van der Waals surface area contributed by atoms with Gasteiger partial charge in [-0.2, -0.15) is 5.26 Å². The van der Waals surface area contributed by atoms with Crippen LogP contribution in [0.1, 0.15) is 5.56 Å². The van der Waals surface area contributed by atoms with Crippen molar-refractivity contribution >= 4 is 30.5 Å². The Morgan fingerprint density at radius 3 is 2.68 bits per heavy atom.